The van der Waals surface area contributed by atoms with Crippen LogP contribution < -0.4 is 16.0 Å². The van der Waals surface area contributed by atoms with E-state index in [-0.39, 0.29) is 30.7 Å². The monoisotopic (exact) mass is 611 g/mol. The maximum Gasteiger partial charge on any atom is 0.289 e. The molecular weight excluding hydrogens is 570 g/mol. The zero-order valence-electron chi connectivity index (χ0n) is 25.4. The first-order chi connectivity index (χ1) is 21.9. The number of aromatic nitrogens is 1. The molecule has 10 nitrogen and oxygen atoms in total. The lowest BCUT2D eigenvalue weighted by Gasteiger charge is -2.27. The van der Waals surface area contributed by atoms with Gasteiger partial charge < -0.3 is 25.8 Å². The fraction of sp³-hybridized carbons (Fsp3) is 0.457. The van der Waals surface area contributed by atoms with E-state index in [1.54, 1.807) is 4.90 Å². The quantitative estimate of drug-likeness (QED) is 0.260. The Morgan fingerprint density at radius 2 is 1.67 bits per heavy atom. The van der Waals surface area contributed by atoms with Gasteiger partial charge in [0.15, 0.2) is 0 Å². The molecule has 236 valence electrons. The van der Waals surface area contributed by atoms with Crippen molar-refractivity contribution in [3.05, 3.63) is 71.9 Å². The van der Waals surface area contributed by atoms with E-state index in [2.05, 4.69) is 20.9 Å². The third kappa shape index (κ3) is 6.95. The molecule has 3 aromatic rings. The van der Waals surface area contributed by atoms with Crippen LogP contribution in [0, 0.1) is 17.8 Å². The average molecular weight is 612 g/mol. The molecule has 2 saturated heterocycles. The van der Waals surface area contributed by atoms with Crippen molar-refractivity contribution >= 4 is 40.3 Å². The van der Waals surface area contributed by atoms with Gasteiger partial charge in [-0.15, -0.1) is 0 Å². The van der Waals surface area contributed by atoms with Gasteiger partial charge in [-0.05, 0) is 48.8 Å². The van der Waals surface area contributed by atoms with Crippen LogP contribution in [0.15, 0.2) is 60.7 Å². The van der Waals surface area contributed by atoms with Crippen molar-refractivity contribution < 1.29 is 24.0 Å². The number of carbonyl (C=O) groups is 5. The molecule has 4 atom stereocenters. The summed E-state index contributed by atoms with van der Waals surface area (Å²) in [5, 5.41) is 9.18. The molecule has 1 aromatic heterocycles. The smallest absolute Gasteiger partial charge is 0.289 e. The Morgan fingerprint density at radius 1 is 0.911 bits per heavy atom. The topological polar surface area (TPSA) is 140 Å². The summed E-state index contributed by atoms with van der Waals surface area (Å²) in [5.74, 6) is -2.44. The van der Waals surface area contributed by atoms with Crippen molar-refractivity contribution in [2.24, 2.45) is 17.8 Å². The van der Waals surface area contributed by atoms with Crippen LogP contribution in [0.25, 0.3) is 10.9 Å². The van der Waals surface area contributed by atoms with Gasteiger partial charge in [0.25, 0.3) is 11.8 Å². The SMILES string of the molecule is O=C(NCc1ccccc1)C(=O)[C@H](C[C@@H]1CCNC1=O)NC(=O)[C@@H]1CC(C2CCCCC2)CN1C(=O)c1cc2ccccc2[nH]1. The molecule has 3 fully saturated rings. The summed E-state index contributed by atoms with van der Waals surface area (Å²) in [6.45, 7) is 1.10. The summed E-state index contributed by atoms with van der Waals surface area (Å²) in [6.07, 6.45) is 6.67. The van der Waals surface area contributed by atoms with E-state index in [0.29, 0.717) is 37.5 Å². The Hall–Kier alpha value is -4.47. The number of likely N-dealkylation sites (tertiary alicyclic amines) is 1. The van der Waals surface area contributed by atoms with E-state index in [1.807, 2.05) is 60.7 Å². The predicted molar refractivity (Wildman–Crippen MR) is 169 cm³/mol. The molecule has 3 aliphatic rings. The minimum atomic E-state index is -1.19. The van der Waals surface area contributed by atoms with Crippen LogP contribution in [0.4, 0.5) is 0 Å². The first kappa shape index (κ1) is 30.6. The first-order valence-electron chi connectivity index (χ1n) is 16.2. The number of ketones is 1. The van der Waals surface area contributed by atoms with Crippen molar-refractivity contribution in [2.45, 2.75) is 70.0 Å². The molecule has 2 aromatic carbocycles. The maximum absolute atomic E-state index is 14.1. The summed E-state index contributed by atoms with van der Waals surface area (Å²) in [4.78, 5) is 71.9. The lowest BCUT2D eigenvalue weighted by atomic mass is 9.79. The highest BCUT2D eigenvalue weighted by molar-refractivity contribution is 6.38. The number of aromatic amines is 1. The van der Waals surface area contributed by atoms with Crippen LogP contribution in [0.2, 0.25) is 0 Å². The Balaban J connectivity index is 1.22. The number of fused-ring (bicyclic) bond motifs is 1. The van der Waals surface area contributed by atoms with Crippen molar-refractivity contribution in [1.29, 1.82) is 0 Å². The number of Topliss-reactive ketones (excluding diaryl/α,β-unsaturated/α-hetero) is 1. The number of nitrogens with one attached hydrogen (secondary N) is 4. The molecule has 4 amide bonds. The van der Waals surface area contributed by atoms with E-state index < -0.39 is 35.6 Å². The van der Waals surface area contributed by atoms with E-state index in [4.69, 9.17) is 0 Å². The second-order valence-corrected chi connectivity index (χ2v) is 12.7. The molecule has 4 N–H and O–H groups in total. The Bertz CT molecular complexity index is 1530. The highest BCUT2D eigenvalue weighted by atomic mass is 16.2. The summed E-state index contributed by atoms with van der Waals surface area (Å²) in [7, 11) is 0. The van der Waals surface area contributed by atoms with Gasteiger partial charge >= 0.3 is 0 Å². The van der Waals surface area contributed by atoms with Crippen molar-refractivity contribution in [3.63, 3.8) is 0 Å². The molecular formula is C35H41N5O5. The molecule has 45 heavy (non-hydrogen) atoms. The minimum Gasteiger partial charge on any atom is -0.356 e. The summed E-state index contributed by atoms with van der Waals surface area (Å²) >= 11 is 0. The number of para-hydroxylation sites is 1. The molecule has 0 spiro atoms. The highest BCUT2D eigenvalue weighted by Crippen LogP contribution is 2.38. The maximum atomic E-state index is 14.1. The number of rotatable bonds is 10. The van der Waals surface area contributed by atoms with Gasteiger partial charge in [0.1, 0.15) is 11.7 Å². The van der Waals surface area contributed by atoms with Crippen molar-refractivity contribution in [2.75, 3.05) is 13.1 Å². The average Bonchev–Trinajstić information content (AvgIpc) is 3.82. The standard InChI is InChI=1S/C35H41N5O5/c41-31(34(44)37-20-22-9-3-1-4-10-22)28(18-25-15-16-36-32(25)42)39-33(43)30-19-26(23-11-5-2-6-12-23)21-40(30)35(45)29-17-24-13-7-8-14-27(24)38-29/h1,3-4,7-10,13-14,17,23,25-26,28,30,38H,2,5-6,11-12,15-16,18-21H2,(H,36,42)(H,37,44)(H,39,43)/t25-,26?,28-,30-/m0/s1. The molecule has 2 aliphatic heterocycles. The lowest BCUT2D eigenvalue weighted by Crippen LogP contribution is -2.54. The number of H-pyrrole nitrogens is 1. The van der Waals surface area contributed by atoms with Gasteiger partial charge in [-0.3, -0.25) is 24.0 Å². The van der Waals surface area contributed by atoms with Crippen LogP contribution in [-0.2, 0) is 25.7 Å². The summed E-state index contributed by atoms with van der Waals surface area (Å²) in [6, 6.07) is 16.7. The third-order valence-corrected chi connectivity index (χ3v) is 9.81. The summed E-state index contributed by atoms with van der Waals surface area (Å²) in [5.41, 5.74) is 2.08. The van der Waals surface area contributed by atoms with Gasteiger partial charge in [-0.25, -0.2) is 0 Å². The molecule has 1 unspecified atom stereocenters. The van der Waals surface area contributed by atoms with Crippen LogP contribution in [0.5, 0.6) is 0 Å². The molecule has 0 radical (unpaired) electrons. The number of benzene rings is 2. The van der Waals surface area contributed by atoms with Crippen molar-refractivity contribution in [1.82, 2.24) is 25.8 Å². The Kier molecular flexibility index (Phi) is 9.28. The first-order valence-corrected chi connectivity index (χ1v) is 16.2. The molecule has 1 saturated carbocycles. The zero-order chi connectivity index (χ0) is 31.3. The fourth-order valence-electron chi connectivity index (χ4n) is 7.31. The Morgan fingerprint density at radius 3 is 2.40 bits per heavy atom. The highest BCUT2D eigenvalue weighted by Gasteiger charge is 2.44. The summed E-state index contributed by atoms with van der Waals surface area (Å²) < 4.78 is 0. The normalized spacial score (nSPS) is 22.6. The van der Waals surface area contributed by atoms with Gasteiger partial charge in [0, 0.05) is 36.5 Å². The Labute approximate surface area is 262 Å². The van der Waals surface area contributed by atoms with Crippen LogP contribution >= 0.6 is 0 Å². The largest absolute Gasteiger partial charge is 0.356 e. The molecule has 10 heteroatoms. The minimum absolute atomic E-state index is 0.0178. The molecule has 0 bridgehead atoms. The van der Waals surface area contributed by atoms with Crippen LogP contribution in [-0.4, -0.2) is 64.5 Å². The number of carbonyl (C=O) groups excluding carboxylic acids is 5. The second-order valence-electron chi connectivity index (χ2n) is 12.7. The van der Waals surface area contributed by atoms with E-state index in [0.717, 1.165) is 42.1 Å². The van der Waals surface area contributed by atoms with E-state index in [9.17, 15) is 24.0 Å². The number of amides is 4. The van der Waals surface area contributed by atoms with Gasteiger partial charge in [0.2, 0.25) is 17.6 Å². The second kappa shape index (κ2) is 13.7. The molecule has 6 rings (SSSR count). The van der Waals surface area contributed by atoms with Gasteiger partial charge in [-0.2, -0.15) is 0 Å². The number of hydrogen-bond donors (Lipinski definition) is 4. The van der Waals surface area contributed by atoms with Crippen molar-refractivity contribution in [3.8, 4) is 0 Å². The molecule has 3 heterocycles. The predicted octanol–water partition coefficient (Wildman–Crippen LogP) is 3.48. The van der Waals surface area contributed by atoms with E-state index in [1.165, 1.54) is 6.42 Å². The van der Waals surface area contributed by atoms with Crippen LogP contribution in [0.3, 0.4) is 0 Å². The number of nitrogens with zero attached hydrogens (tertiary/aromatic N) is 1. The number of hydrogen-bond acceptors (Lipinski definition) is 5. The van der Waals surface area contributed by atoms with E-state index >= 15 is 0 Å². The lowest BCUT2D eigenvalue weighted by molar-refractivity contribution is -0.141. The fourth-order valence-corrected chi connectivity index (χ4v) is 7.31. The van der Waals surface area contributed by atoms with Gasteiger partial charge in [-0.1, -0.05) is 80.6 Å². The van der Waals surface area contributed by atoms with Gasteiger partial charge in [0.05, 0.1) is 6.04 Å². The molecule has 1 aliphatic carbocycles. The van der Waals surface area contributed by atoms with Crippen LogP contribution in [0.1, 0.15) is 67.4 Å². The zero-order valence-corrected chi connectivity index (χ0v) is 25.4. The third-order valence-electron chi connectivity index (χ3n) is 9.81.